The Balaban J connectivity index is 1.48. The molecule has 0 aliphatic carbocycles. The zero-order chi connectivity index (χ0) is 24.9. The number of benzene rings is 1. The maximum Gasteiger partial charge on any atom is 0.450 e. The molecule has 7 nitrogen and oxygen atoms in total. The zero-order valence-corrected chi connectivity index (χ0v) is 19.5. The number of hydrogen-bond acceptors (Lipinski definition) is 6. The van der Waals surface area contributed by atoms with Crippen molar-refractivity contribution in [1.82, 2.24) is 34.1 Å². The van der Waals surface area contributed by atoms with Gasteiger partial charge in [-0.15, -0.1) is 11.3 Å². The highest BCUT2D eigenvalue weighted by atomic mass is 32.1. The molecule has 5 aromatic heterocycles. The molecule has 178 valence electrons. The summed E-state index contributed by atoms with van der Waals surface area (Å²) in [7, 11) is 0. The molecule has 0 amide bonds. The lowest BCUT2D eigenvalue weighted by Crippen LogP contribution is -2.14. The first-order valence-electron chi connectivity index (χ1n) is 10.8. The summed E-state index contributed by atoms with van der Waals surface area (Å²) in [6, 6.07) is 13.6. The minimum absolute atomic E-state index is 0.135. The van der Waals surface area contributed by atoms with Crippen molar-refractivity contribution in [3.63, 3.8) is 0 Å². The molecule has 0 aliphatic rings. The number of thiazole rings is 1. The van der Waals surface area contributed by atoms with Gasteiger partial charge >= 0.3 is 6.18 Å². The van der Waals surface area contributed by atoms with Crippen LogP contribution in [-0.2, 0) is 6.18 Å². The van der Waals surface area contributed by atoms with Crippen molar-refractivity contribution < 1.29 is 13.2 Å². The third kappa shape index (κ3) is 3.83. The summed E-state index contributed by atoms with van der Waals surface area (Å²) in [6.45, 7) is 1.90. The fraction of sp³-hybridized carbons (Fsp3) is 0.0800. The Labute approximate surface area is 206 Å². The fourth-order valence-electron chi connectivity index (χ4n) is 3.95. The Bertz CT molecular complexity index is 1670. The molecular weight excluding hydrogens is 487 g/mol. The molecule has 0 fully saturated rings. The van der Waals surface area contributed by atoms with E-state index in [0.29, 0.717) is 22.8 Å². The average molecular weight is 504 g/mol. The molecule has 0 spiro atoms. The smallest absolute Gasteiger partial charge is 0.298 e. The summed E-state index contributed by atoms with van der Waals surface area (Å²) in [5.41, 5.74) is 6.15. The SMILES string of the molecule is Cc1ccc(-n2cc(-c3cscn3)nc2-c2ccc(-n3c(C(F)(F)F)nc4cccnc43)cc2)cn1. The molecule has 0 saturated carbocycles. The van der Waals surface area contributed by atoms with E-state index in [2.05, 4.69) is 19.9 Å². The Hall–Kier alpha value is -4.38. The summed E-state index contributed by atoms with van der Waals surface area (Å²) in [5.74, 6) is -0.415. The van der Waals surface area contributed by atoms with E-state index in [4.69, 9.17) is 4.98 Å². The second kappa shape index (κ2) is 8.38. The summed E-state index contributed by atoms with van der Waals surface area (Å²) < 4.78 is 44.3. The largest absolute Gasteiger partial charge is 0.450 e. The zero-order valence-electron chi connectivity index (χ0n) is 18.7. The summed E-state index contributed by atoms with van der Waals surface area (Å²) in [5, 5.41) is 1.91. The Morgan fingerprint density at radius 2 is 1.67 bits per heavy atom. The number of imidazole rings is 2. The predicted molar refractivity (Wildman–Crippen MR) is 130 cm³/mol. The van der Waals surface area contributed by atoms with E-state index in [9.17, 15) is 13.2 Å². The third-order valence-corrected chi connectivity index (χ3v) is 6.21. The Kier molecular flexibility index (Phi) is 5.15. The molecule has 36 heavy (non-hydrogen) atoms. The molecule has 0 N–H and O–H groups in total. The molecule has 0 bridgehead atoms. The maximum absolute atomic E-state index is 13.8. The van der Waals surface area contributed by atoms with Gasteiger partial charge in [-0.3, -0.25) is 14.1 Å². The highest BCUT2D eigenvalue weighted by Gasteiger charge is 2.38. The van der Waals surface area contributed by atoms with E-state index in [1.54, 1.807) is 42.0 Å². The van der Waals surface area contributed by atoms with Gasteiger partial charge < -0.3 is 0 Å². The van der Waals surface area contributed by atoms with Crippen LogP contribution in [0.15, 0.2) is 78.0 Å². The number of hydrogen-bond donors (Lipinski definition) is 0. The van der Waals surface area contributed by atoms with Crippen LogP contribution in [0.25, 0.3) is 45.3 Å². The van der Waals surface area contributed by atoms with Crippen LogP contribution in [0.3, 0.4) is 0 Å². The molecule has 0 unspecified atom stereocenters. The highest BCUT2D eigenvalue weighted by molar-refractivity contribution is 7.07. The number of aromatic nitrogens is 7. The minimum atomic E-state index is -4.64. The van der Waals surface area contributed by atoms with Gasteiger partial charge in [0, 0.05) is 34.7 Å². The number of halogens is 3. The second-order valence-electron chi connectivity index (χ2n) is 8.01. The van der Waals surface area contributed by atoms with Gasteiger partial charge in [0.05, 0.1) is 17.4 Å². The van der Waals surface area contributed by atoms with E-state index in [1.165, 1.54) is 23.6 Å². The number of fused-ring (bicyclic) bond motifs is 1. The second-order valence-corrected chi connectivity index (χ2v) is 8.73. The van der Waals surface area contributed by atoms with E-state index in [1.807, 2.05) is 35.2 Å². The van der Waals surface area contributed by atoms with Gasteiger partial charge in [-0.25, -0.2) is 19.9 Å². The topological polar surface area (TPSA) is 74.3 Å². The van der Waals surface area contributed by atoms with Crippen LogP contribution >= 0.6 is 11.3 Å². The Morgan fingerprint density at radius 3 is 2.36 bits per heavy atom. The normalized spacial score (nSPS) is 11.9. The number of pyridine rings is 2. The van der Waals surface area contributed by atoms with Crippen molar-refractivity contribution >= 4 is 22.5 Å². The first-order chi connectivity index (χ1) is 17.4. The van der Waals surface area contributed by atoms with Crippen molar-refractivity contribution in [3.8, 4) is 34.2 Å². The molecule has 0 radical (unpaired) electrons. The first kappa shape index (κ1) is 22.1. The van der Waals surface area contributed by atoms with E-state index in [-0.39, 0.29) is 11.2 Å². The molecule has 6 rings (SSSR count). The Morgan fingerprint density at radius 1 is 0.861 bits per heavy atom. The van der Waals surface area contributed by atoms with Crippen molar-refractivity contribution in [2.75, 3.05) is 0 Å². The van der Waals surface area contributed by atoms with Crippen LogP contribution in [0, 0.1) is 6.92 Å². The van der Waals surface area contributed by atoms with Crippen LogP contribution in [0.4, 0.5) is 13.2 Å². The highest BCUT2D eigenvalue weighted by Crippen LogP contribution is 2.34. The molecule has 0 aliphatic heterocycles. The monoisotopic (exact) mass is 503 g/mol. The van der Waals surface area contributed by atoms with Crippen molar-refractivity contribution in [3.05, 3.63) is 89.5 Å². The number of nitrogens with zero attached hydrogens (tertiary/aromatic N) is 7. The lowest BCUT2D eigenvalue weighted by atomic mass is 10.2. The van der Waals surface area contributed by atoms with Gasteiger partial charge in [-0.05, 0) is 55.5 Å². The molecule has 11 heteroatoms. The van der Waals surface area contributed by atoms with Crippen LogP contribution < -0.4 is 0 Å². The number of alkyl halides is 3. The molecule has 0 saturated heterocycles. The van der Waals surface area contributed by atoms with Gasteiger partial charge in [0.15, 0.2) is 5.65 Å². The lowest BCUT2D eigenvalue weighted by Gasteiger charge is -2.12. The van der Waals surface area contributed by atoms with E-state index < -0.39 is 12.0 Å². The van der Waals surface area contributed by atoms with Crippen LogP contribution in [0.2, 0.25) is 0 Å². The van der Waals surface area contributed by atoms with Crippen LogP contribution in [-0.4, -0.2) is 34.1 Å². The standard InChI is InChI=1S/C25H16F3N7S/c1-15-4-7-18(11-30-15)34-12-20(21-13-36-14-31-21)32-22(34)16-5-8-17(9-6-16)35-23-19(3-2-10-29-23)33-24(35)25(26,27)28/h2-14H,1H3. The van der Waals surface area contributed by atoms with Gasteiger partial charge in [-0.1, -0.05) is 0 Å². The quantitative estimate of drug-likeness (QED) is 0.290. The van der Waals surface area contributed by atoms with Crippen molar-refractivity contribution in [2.45, 2.75) is 13.1 Å². The third-order valence-electron chi connectivity index (χ3n) is 5.63. The first-order valence-corrected chi connectivity index (χ1v) is 11.8. The molecular formula is C25H16F3N7S. The van der Waals surface area contributed by atoms with Gasteiger partial charge in [0.2, 0.25) is 5.82 Å². The number of aryl methyl sites for hydroxylation is 1. The fourth-order valence-corrected chi connectivity index (χ4v) is 4.50. The predicted octanol–water partition coefficient (Wildman–Crippen LogP) is 6.12. The lowest BCUT2D eigenvalue weighted by molar-refractivity contribution is -0.145. The van der Waals surface area contributed by atoms with Gasteiger partial charge in [-0.2, -0.15) is 13.2 Å². The van der Waals surface area contributed by atoms with Crippen LogP contribution in [0.1, 0.15) is 11.5 Å². The van der Waals surface area contributed by atoms with E-state index in [0.717, 1.165) is 21.6 Å². The number of rotatable bonds is 4. The average Bonchev–Trinajstić information content (AvgIpc) is 3.62. The van der Waals surface area contributed by atoms with Gasteiger partial charge in [0.25, 0.3) is 0 Å². The maximum atomic E-state index is 13.8. The summed E-state index contributed by atoms with van der Waals surface area (Å²) in [6.07, 6.45) is 0.427. The molecule has 6 aromatic rings. The minimum Gasteiger partial charge on any atom is -0.298 e. The van der Waals surface area contributed by atoms with E-state index >= 15 is 0 Å². The van der Waals surface area contributed by atoms with Crippen molar-refractivity contribution in [1.29, 1.82) is 0 Å². The van der Waals surface area contributed by atoms with Crippen LogP contribution in [0.5, 0.6) is 0 Å². The summed E-state index contributed by atoms with van der Waals surface area (Å²) >= 11 is 1.47. The van der Waals surface area contributed by atoms with Crippen molar-refractivity contribution in [2.24, 2.45) is 0 Å². The molecule has 0 atom stereocenters. The summed E-state index contributed by atoms with van der Waals surface area (Å²) in [4.78, 5) is 21.4. The van der Waals surface area contributed by atoms with Gasteiger partial charge in [0.1, 0.15) is 22.7 Å². The molecule has 5 heterocycles. The molecule has 1 aromatic carbocycles.